The predicted molar refractivity (Wildman–Crippen MR) is 136 cm³/mol. The molecule has 0 fully saturated rings. The molecule has 0 aliphatic rings. The number of pyridine rings is 1. The standard InChI is InChI=1S/C31H21N/c1-3-11-22(12-4-1)29-20-19-24(21-32-29)31-27-17-9-7-15-25(27)30(23-13-5-2-6-14-23)26-16-8-10-18-28(26)31/h1-21H. The molecule has 6 rings (SSSR count). The van der Waals surface area contributed by atoms with E-state index in [9.17, 15) is 0 Å². The van der Waals surface area contributed by atoms with Gasteiger partial charge in [-0.25, -0.2) is 0 Å². The van der Waals surface area contributed by atoms with Crippen LogP contribution in [0.5, 0.6) is 0 Å². The highest BCUT2D eigenvalue weighted by molar-refractivity contribution is 6.21. The van der Waals surface area contributed by atoms with Crippen molar-refractivity contribution >= 4 is 21.5 Å². The molecule has 0 spiro atoms. The lowest BCUT2D eigenvalue weighted by atomic mass is 9.86. The minimum atomic E-state index is 0.990. The summed E-state index contributed by atoms with van der Waals surface area (Å²) < 4.78 is 0. The summed E-state index contributed by atoms with van der Waals surface area (Å²) in [7, 11) is 0. The van der Waals surface area contributed by atoms with Crippen LogP contribution in [-0.4, -0.2) is 4.98 Å². The molecule has 0 aliphatic carbocycles. The van der Waals surface area contributed by atoms with Crippen LogP contribution >= 0.6 is 0 Å². The van der Waals surface area contributed by atoms with E-state index < -0.39 is 0 Å². The molecule has 0 aliphatic heterocycles. The second kappa shape index (κ2) is 7.79. The van der Waals surface area contributed by atoms with Crippen LogP contribution in [0.4, 0.5) is 0 Å². The van der Waals surface area contributed by atoms with Crippen LogP contribution in [0.1, 0.15) is 0 Å². The van der Waals surface area contributed by atoms with Crippen LogP contribution in [-0.2, 0) is 0 Å². The van der Waals surface area contributed by atoms with Gasteiger partial charge in [-0.15, -0.1) is 0 Å². The fourth-order valence-corrected chi connectivity index (χ4v) is 4.68. The molecule has 150 valence electrons. The highest BCUT2D eigenvalue weighted by Gasteiger charge is 2.16. The number of nitrogens with zero attached hydrogens (tertiary/aromatic N) is 1. The summed E-state index contributed by atoms with van der Waals surface area (Å²) in [4.78, 5) is 4.82. The second-order valence-corrected chi connectivity index (χ2v) is 8.01. The minimum absolute atomic E-state index is 0.990. The number of hydrogen-bond acceptors (Lipinski definition) is 1. The number of hydrogen-bond donors (Lipinski definition) is 0. The maximum absolute atomic E-state index is 4.82. The first-order chi connectivity index (χ1) is 15.9. The quantitative estimate of drug-likeness (QED) is 0.268. The molecular weight excluding hydrogens is 386 g/mol. The molecule has 6 aromatic rings. The lowest BCUT2D eigenvalue weighted by Gasteiger charge is -2.17. The highest BCUT2D eigenvalue weighted by atomic mass is 14.7. The van der Waals surface area contributed by atoms with Crippen LogP contribution in [0.15, 0.2) is 128 Å². The zero-order valence-electron chi connectivity index (χ0n) is 17.6. The zero-order chi connectivity index (χ0) is 21.3. The number of rotatable bonds is 3. The smallest absolute Gasteiger partial charge is 0.0702 e. The van der Waals surface area contributed by atoms with Crippen molar-refractivity contribution in [3.05, 3.63) is 128 Å². The second-order valence-electron chi connectivity index (χ2n) is 8.01. The molecule has 0 N–H and O–H groups in total. The molecule has 1 heteroatoms. The molecule has 5 aromatic carbocycles. The molecule has 0 atom stereocenters. The summed E-state index contributed by atoms with van der Waals surface area (Å²) in [6.45, 7) is 0. The Morgan fingerprint density at radius 3 is 1.25 bits per heavy atom. The van der Waals surface area contributed by atoms with Crippen LogP contribution in [0, 0.1) is 0 Å². The van der Waals surface area contributed by atoms with Gasteiger partial charge in [-0.1, -0.05) is 115 Å². The van der Waals surface area contributed by atoms with E-state index in [-0.39, 0.29) is 0 Å². The lowest BCUT2D eigenvalue weighted by molar-refractivity contribution is 1.33. The summed E-state index contributed by atoms with van der Waals surface area (Å²) in [5.41, 5.74) is 7.02. The van der Waals surface area contributed by atoms with Gasteiger partial charge in [-0.3, -0.25) is 4.98 Å². The number of fused-ring (bicyclic) bond motifs is 2. The summed E-state index contributed by atoms with van der Waals surface area (Å²) in [6.07, 6.45) is 2.01. The first kappa shape index (κ1) is 18.5. The molecule has 1 heterocycles. The molecule has 0 bridgehead atoms. The predicted octanol–water partition coefficient (Wildman–Crippen LogP) is 8.39. The van der Waals surface area contributed by atoms with Gasteiger partial charge in [0.1, 0.15) is 0 Å². The molecule has 0 saturated heterocycles. The fraction of sp³-hybridized carbons (Fsp3) is 0. The van der Waals surface area contributed by atoms with Crippen molar-refractivity contribution in [2.24, 2.45) is 0 Å². The first-order valence-corrected chi connectivity index (χ1v) is 10.9. The van der Waals surface area contributed by atoms with Gasteiger partial charge in [0, 0.05) is 17.3 Å². The Balaban J connectivity index is 1.65. The van der Waals surface area contributed by atoms with Crippen molar-refractivity contribution in [1.82, 2.24) is 4.98 Å². The molecule has 1 nitrogen and oxygen atoms in total. The Morgan fingerprint density at radius 1 is 0.344 bits per heavy atom. The molecule has 0 amide bonds. The molecular formula is C31H21N. The summed E-state index contributed by atoms with van der Waals surface area (Å²) in [5, 5.41) is 5.03. The van der Waals surface area contributed by atoms with Gasteiger partial charge in [0.25, 0.3) is 0 Å². The van der Waals surface area contributed by atoms with Crippen LogP contribution in [0.2, 0.25) is 0 Å². The van der Waals surface area contributed by atoms with Crippen LogP contribution in [0.25, 0.3) is 55.1 Å². The Bertz CT molecular complexity index is 1480. The third-order valence-corrected chi connectivity index (χ3v) is 6.12. The number of benzene rings is 5. The lowest BCUT2D eigenvalue weighted by Crippen LogP contribution is -1.91. The monoisotopic (exact) mass is 407 g/mol. The van der Waals surface area contributed by atoms with E-state index in [1.807, 2.05) is 24.4 Å². The van der Waals surface area contributed by atoms with E-state index in [2.05, 4.69) is 103 Å². The van der Waals surface area contributed by atoms with Crippen molar-refractivity contribution in [2.75, 3.05) is 0 Å². The third-order valence-electron chi connectivity index (χ3n) is 6.12. The van der Waals surface area contributed by atoms with Gasteiger partial charge >= 0.3 is 0 Å². The Labute approximate surface area is 187 Å². The van der Waals surface area contributed by atoms with Gasteiger partial charge in [0.05, 0.1) is 5.69 Å². The highest BCUT2D eigenvalue weighted by Crippen LogP contribution is 2.43. The SMILES string of the molecule is c1ccc(-c2ccc(-c3c4ccccc4c(-c4ccccc4)c4ccccc34)cn2)cc1. The molecule has 0 saturated carbocycles. The molecule has 0 unspecified atom stereocenters. The van der Waals surface area contributed by atoms with Gasteiger partial charge < -0.3 is 0 Å². The molecule has 1 aromatic heterocycles. The van der Waals surface area contributed by atoms with E-state index in [4.69, 9.17) is 4.98 Å². The summed E-state index contributed by atoms with van der Waals surface area (Å²) in [5.74, 6) is 0. The number of aromatic nitrogens is 1. The van der Waals surface area contributed by atoms with Gasteiger partial charge in [-0.2, -0.15) is 0 Å². The van der Waals surface area contributed by atoms with Gasteiger partial charge in [0.15, 0.2) is 0 Å². The van der Waals surface area contributed by atoms with Crippen molar-refractivity contribution in [2.45, 2.75) is 0 Å². The van der Waals surface area contributed by atoms with Crippen LogP contribution < -0.4 is 0 Å². The Morgan fingerprint density at radius 2 is 0.781 bits per heavy atom. The maximum atomic E-state index is 4.82. The maximum Gasteiger partial charge on any atom is 0.0702 e. The largest absolute Gasteiger partial charge is 0.256 e. The van der Waals surface area contributed by atoms with Crippen molar-refractivity contribution in [3.63, 3.8) is 0 Å². The van der Waals surface area contributed by atoms with E-state index in [1.54, 1.807) is 0 Å². The average Bonchev–Trinajstić information content (AvgIpc) is 2.88. The van der Waals surface area contributed by atoms with E-state index in [0.717, 1.165) is 16.8 Å². The van der Waals surface area contributed by atoms with E-state index in [1.165, 1.54) is 38.2 Å². The van der Waals surface area contributed by atoms with E-state index >= 15 is 0 Å². The minimum Gasteiger partial charge on any atom is -0.256 e. The molecule has 32 heavy (non-hydrogen) atoms. The normalized spacial score (nSPS) is 11.1. The Kier molecular flexibility index (Phi) is 4.51. The molecule has 0 radical (unpaired) electrons. The first-order valence-electron chi connectivity index (χ1n) is 10.9. The summed E-state index contributed by atoms with van der Waals surface area (Å²) >= 11 is 0. The van der Waals surface area contributed by atoms with E-state index in [0.29, 0.717) is 0 Å². The third kappa shape index (κ3) is 3.07. The van der Waals surface area contributed by atoms with Gasteiger partial charge in [-0.05, 0) is 44.3 Å². The van der Waals surface area contributed by atoms with Crippen molar-refractivity contribution < 1.29 is 0 Å². The van der Waals surface area contributed by atoms with Crippen molar-refractivity contribution in [1.29, 1.82) is 0 Å². The average molecular weight is 408 g/mol. The zero-order valence-corrected chi connectivity index (χ0v) is 17.6. The van der Waals surface area contributed by atoms with Crippen LogP contribution in [0.3, 0.4) is 0 Å². The fourth-order valence-electron chi connectivity index (χ4n) is 4.68. The Hall–Kier alpha value is -4.23. The topological polar surface area (TPSA) is 12.9 Å². The van der Waals surface area contributed by atoms with Crippen molar-refractivity contribution in [3.8, 4) is 33.5 Å². The summed E-state index contributed by atoms with van der Waals surface area (Å²) in [6, 6.07) is 42.8. The van der Waals surface area contributed by atoms with Gasteiger partial charge in [0.2, 0.25) is 0 Å².